The maximum atomic E-state index is 9.84. The molecule has 0 aliphatic rings. The fraction of sp³-hybridized carbons (Fsp3) is 0.600. The molecule has 0 bridgehead atoms. The van der Waals surface area contributed by atoms with E-state index in [4.69, 9.17) is 16.3 Å². The molecule has 0 fully saturated rings. The van der Waals surface area contributed by atoms with Crippen molar-refractivity contribution in [3.63, 3.8) is 0 Å². The SMILES string of the molecule is CCOCC(O)CN(CC)CCc1cccc(Cl)c1. The number of halogens is 1. The van der Waals surface area contributed by atoms with E-state index in [0.717, 1.165) is 24.5 Å². The van der Waals surface area contributed by atoms with Crippen LogP contribution in [0.5, 0.6) is 0 Å². The third kappa shape index (κ3) is 6.92. The molecule has 0 heterocycles. The van der Waals surface area contributed by atoms with Crippen molar-refractivity contribution < 1.29 is 9.84 Å². The van der Waals surface area contributed by atoms with E-state index in [1.165, 1.54) is 5.56 Å². The van der Waals surface area contributed by atoms with Crippen LogP contribution < -0.4 is 0 Å². The van der Waals surface area contributed by atoms with E-state index in [1.807, 2.05) is 25.1 Å². The molecule has 1 N–H and O–H groups in total. The average Bonchev–Trinajstić information content (AvgIpc) is 2.41. The highest BCUT2D eigenvalue weighted by atomic mass is 35.5. The number of aliphatic hydroxyl groups is 1. The van der Waals surface area contributed by atoms with E-state index >= 15 is 0 Å². The van der Waals surface area contributed by atoms with Crippen LogP contribution in [0, 0.1) is 0 Å². The second-order valence-electron chi connectivity index (χ2n) is 4.59. The Labute approximate surface area is 121 Å². The maximum Gasteiger partial charge on any atom is 0.0900 e. The first-order chi connectivity index (χ1) is 9.15. The monoisotopic (exact) mass is 285 g/mol. The van der Waals surface area contributed by atoms with Gasteiger partial charge in [0.1, 0.15) is 0 Å². The molecule has 0 aliphatic heterocycles. The second-order valence-corrected chi connectivity index (χ2v) is 5.02. The largest absolute Gasteiger partial charge is 0.389 e. The van der Waals surface area contributed by atoms with Crippen LogP contribution in [0.2, 0.25) is 5.02 Å². The van der Waals surface area contributed by atoms with Crippen LogP contribution in [0.15, 0.2) is 24.3 Å². The van der Waals surface area contributed by atoms with Crippen LogP contribution in [-0.2, 0) is 11.2 Å². The molecule has 1 rings (SSSR count). The Morgan fingerprint density at radius 2 is 2.16 bits per heavy atom. The number of hydrogen-bond donors (Lipinski definition) is 1. The summed E-state index contributed by atoms with van der Waals surface area (Å²) in [4.78, 5) is 2.23. The van der Waals surface area contributed by atoms with E-state index < -0.39 is 6.10 Å². The van der Waals surface area contributed by atoms with Gasteiger partial charge in [-0.15, -0.1) is 0 Å². The minimum atomic E-state index is -0.417. The number of benzene rings is 1. The van der Waals surface area contributed by atoms with Crippen LogP contribution in [0.3, 0.4) is 0 Å². The molecule has 1 aromatic rings. The van der Waals surface area contributed by atoms with E-state index in [0.29, 0.717) is 19.8 Å². The van der Waals surface area contributed by atoms with Crippen molar-refractivity contribution in [1.29, 1.82) is 0 Å². The minimum absolute atomic E-state index is 0.407. The smallest absolute Gasteiger partial charge is 0.0900 e. The van der Waals surface area contributed by atoms with Gasteiger partial charge in [0.2, 0.25) is 0 Å². The predicted octanol–water partition coefficient (Wildman–Crippen LogP) is 2.60. The highest BCUT2D eigenvalue weighted by Gasteiger charge is 2.10. The van der Waals surface area contributed by atoms with Gasteiger partial charge in [-0.1, -0.05) is 30.7 Å². The molecular formula is C15H24ClNO2. The number of hydrogen-bond acceptors (Lipinski definition) is 3. The van der Waals surface area contributed by atoms with Gasteiger partial charge >= 0.3 is 0 Å². The molecule has 0 amide bonds. The molecule has 0 aliphatic carbocycles. The Morgan fingerprint density at radius 1 is 1.37 bits per heavy atom. The summed E-state index contributed by atoms with van der Waals surface area (Å²) < 4.78 is 5.23. The van der Waals surface area contributed by atoms with Crippen molar-refractivity contribution in [2.75, 3.05) is 32.8 Å². The van der Waals surface area contributed by atoms with Crippen molar-refractivity contribution in [2.24, 2.45) is 0 Å². The van der Waals surface area contributed by atoms with Crippen molar-refractivity contribution in [3.05, 3.63) is 34.9 Å². The van der Waals surface area contributed by atoms with E-state index in [9.17, 15) is 5.11 Å². The van der Waals surface area contributed by atoms with Crippen molar-refractivity contribution >= 4 is 11.6 Å². The Hall–Kier alpha value is -0.610. The molecule has 1 unspecified atom stereocenters. The van der Waals surface area contributed by atoms with Crippen LogP contribution in [0.25, 0.3) is 0 Å². The number of ether oxygens (including phenoxy) is 1. The van der Waals surface area contributed by atoms with Gasteiger partial charge in [-0.05, 0) is 37.6 Å². The number of nitrogens with zero attached hydrogens (tertiary/aromatic N) is 1. The molecule has 0 aromatic heterocycles. The molecule has 1 atom stereocenters. The highest BCUT2D eigenvalue weighted by Crippen LogP contribution is 2.11. The topological polar surface area (TPSA) is 32.7 Å². The molecular weight excluding hydrogens is 262 g/mol. The zero-order valence-corrected chi connectivity index (χ0v) is 12.6. The minimum Gasteiger partial charge on any atom is -0.389 e. The third-order valence-corrected chi connectivity index (χ3v) is 3.27. The fourth-order valence-corrected chi connectivity index (χ4v) is 2.18. The Kier molecular flexibility index (Phi) is 8.07. The van der Waals surface area contributed by atoms with Gasteiger partial charge in [-0.3, -0.25) is 0 Å². The standard InChI is InChI=1S/C15H24ClNO2/c1-3-17(11-15(18)12-19-4-2)9-8-13-6-5-7-14(16)10-13/h5-7,10,15,18H,3-4,8-9,11-12H2,1-2H3. The first kappa shape index (κ1) is 16.4. The molecule has 1 aromatic carbocycles. The molecule has 3 nitrogen and oxygen atoms in total. The lowest BCUT2D eigenvalue weighted by Gasteiger charge is -2.23. The van der Waals surface area contributed by atoms with Crippen LogP contribution in [0.1, 0.15) is 19.4 Å². The van der Waals surface area contributed by atoms with Crippen molar-refractivity contribution in [2.45, 2.75) is 26.4 Å². The summed E-state index contributed by atoms with van der Waals surface area (Å²) in [5.41, 5.74) is 1.23. The summed E-state index contributed by atoms with van der Waals surface area (Å²) in [5.74, 6) is 0. The van der Waals surface area contributed by atoms with Gasteiger partial charge < -0.3 is 14.7 Å². The summed E-state index contributed by atoms with van der Waals surface area (Å²) in [7, 11) is 0. The quantitative estimate of drug-likeness (QED) is 0.757. The van der Waals surface area contributed by atoms with Gasteiger partial charge in [0.25, 0.3) is 0 Å². The summed E-state index contributed by atoms with van der Waals surface area (Å²) in [6.45, 7) is 7.57. The molecule has 0 saturated heterocycles. The zero-order chi connectivity index (χ0) is 14.1. The Bertz CT molecular complexity index is 360. The average molecular weight is 286 g/mol. The van der Waals surface area contributed by atoms with Gasteiger partial charge in [-0.2, -0.15) is 0 Å². The van der Waals surface area contributed by atoms with Crippen molar-refractivity contribution in [1.82, 2.24) is 4.90 Å². The normalized spacial score (nSPS) is 12.9. The summed E-state index contributed by atoms with van der Waals surface area (Å²) in [5, 5.41) is 10.6. The van der Waals surface area contributed by atoms with E-state index in [1.54, 1.807) is 0 Å². The zero-order valence-electron chi connectivity index (χ0n) is 11.8. The third-order valence-electron chi connectivity index (χ3n) is 3.04. The number of likely N-dealkylation sites (N-methyl/N-ethyl adjacent to an activating group) is 1. The number of aliphatic hydroxyl groups excluding tert-OH is 1. The van der Waals surface area contributed by atoms with Gasteiger partial charge in [0.05, 0.1) is 12.7 Å². The lowest BCUT2D eigenvalue weighted by atomic mass is 10.1. The molecule has 4 heteroatoms. The molecule has 108 valence electrons. The van der Waals surface area contributed by atoms with Crippen LogP contribution in [0.4, 0.5) is 0 Å². The maximum absolute atomic E-state index is 9.84. The fourth-order valence-electron chi connectivity index (χ4n) is 1.96. The van der Waals surface area contributed by atoms with Crippen LogP contribution in [-0.4, -0.2) is 49.0 Å². The Morgan fingerprint density at radius 3 is 2.79 bits per heavy atom. The van der Waals surface area contributed by atoms with Crippen molar-refractivity contribution in [3.8, 4) is 0 Å². The van der Waals surface area contributed by atoms with Gasteiger partial charge in [0, 0.05) is 24.7 Å². The van der Waals surface area contributed by atoms with Crippen LogP contribution >= 0.6 is 11.6 Å². The summed E-state index contributed by atoms with van der Waals surface area (Å²) >= 11 is 5.97. The molecule has 19 heavy (non-hydrogen) atoms. The Balaban J connectivity index is 2.35. The van der Waals surface area contributed by atoms with E-state index in [-0.39, 0.29) is 0 Å². The summed E-state index contributed by atoms with van der Waals surface area (Å²) in [6, 6.07) is 7.93. The molecule has 0 saturated carbocycles. The van der Waals surface area contributed by atoms with Gasteiger partial charge in [0.15, 0.2) is 0 Å². The first-order valence-electron chi connectivity index (χ1n) is 6.88. The van der Waals surface area contributed by atoms with Gasteiger partial charge in [-0.25, -0.2) is 0 Å². The number of rotatable bonds is 9. The highest BCUT2D eigenvalue weighted by molar-refractivity contribution is 6.30. The van der Waals surface area contributed by atoms with E-state index in [2.05, 4.69) is 17.9 Å². The lowest BCUT2D eigenvalue weighted by molar-refractivity contribution is 0.0222. The molecule has 0 spiro atoms. The first-order valence-corrected chi connectivity index (χ1v) is 7.26. The summed E-state index contributed by atoms with van der Waals surface area (Å²) in [6.07, 6.45) is 0.523. The predicted molar refractivity (Wildman–Crippen MR) is 79.8 cm³/mol. The lowest BCUT2D eigenvalue weighted by Crippen LogP contribution is -2.36. The molecule has 0 radical (unpaired) electrons. The second kappa shape index (κ2) is 9.32.